The maximum atomic E-state index is 12.7. The van der Waals surface area contributed by atoms with Crippen LogP contribution in [-0.2, 0) is 20.2 Å². The Morgan fingerprint density at radius 1 is 0.581 bits per heavy atom. The van der Waals surface area contributed by atoms with Crippen molar-refractivity contribution in [3.05, 3.63) is 97.1 Å². The molecular formula is C42H43N9O9S2. The predicted molar refractivity (Wildman–Crippen MR) is 237 cm³/mol. The maximum absolute atomic E-state index is 12.7. The van der Waals surface area contributed by atoms with Crippen molar-refractivity contribution in [2.75, 3.05) is 30.4 Å². The van der Waals surface area contributed by atoms with E-state index in [0.717, 1.165) is 37.0 Å². The van der Waals surface area contributed by atoms with Gasteiger partial charge in [0.25, 0.3) is 20.2 Å². The number of hydrogen-bond donors (Lipinski definition) is 6. The lowest BCUT2D eigenvalue weighted by Crippen LogP contribution is -2.03. The number of fused-ring (bicyclic) bond motifs is 1. The number of rotatable bonds is 17. The number of phenols is 1. The minimum atomic E-state index is -5.12. The van der Waals surface area contributed by atoms with Gasteiger partial charge in [-0.05, 0) is 96.1 Å². The second-order valence-corrected chi connectivity index (χ2v) is 16.6. The van der Waals surface area contributed by atoms with E-state index >= 15 is 0 Å². The Balaban J connectivity index is 1.44. The second kappa shape index (κ2) is 19.1. The summed E-state index contributed by atoms with van der Waals surface area (Å²) in [5.74, 6) is -0.154. The van der Waals surface area contributed by atoms with Crippen molar-refractivity contribution in [3.8, 4) is 28.4 Å². The summed E-state index contributed by atoms with van der Waals surface area (Å²) >= 11 is 0. The first kappa shape index (κ1) is 44.5. The first-order valence-electron chi connectivity index (χ1n) is 19.2. The SMILES string of the molecule is CCCCOc1cc(-c2ccc(N=Nc3c(S(=O)(=O)O)cc4cc(S(=O)(=O)O)c(N=Nc5ccccc5)c(O)c4c3N)c(OCCCC)c2)ccc1N=Nc1ccc(N)cc1N. The van der Waals surface area contributed by atoms with Gasteiger partial charge < -0.3 is 31.8 Å². The van der Waals surface area contributed by atoms with E-state index in [0.29, 0.717) is 53.7 Å². The highest BCUT2D eigenvalue weighted by atomic mass is 32.2. The van der Waals surface area contributed by atoms with Crippen LogP contribution in [0.3, 0.4) is 0 Å². The number of anilines is 3. The van der Waals surface area contributed by atoms with Crippen LogP contribution in [0.2, 0.25) is 0 Å². The molecule has 0 heterocycles. The van der Waals surface area contributed by atoms with E-state index in [9.17, 15) is 31.0 Å². The summed E-state index contributed by atoms with van der Waals surface area (Å²) in [4.78, 5) is -1.78. The summed E-state index contributed by atoms with van der Waals surface area (Å²) < 4.78 is 83.0. The molecule has 0 aromatic heterocycles. The summed E-state index contributed by atoms with van der Waals surface area (Å²) in [7, 11) is -10.2. The van der Waals surface area contributed by atoms with E-state index in [4.69, 9.17) is 26.7 Å². The molecular weight excluding hydrogens is 839 g/mol. The Morgan fingerprint density at radius 2 is 1.08 bits per heavy atom. The van der Waals surface area contributed by atoms with Crippen molar-refractivity contribution in [3.63, 3.8) is 0 Å². The van der Waals surface area contributed by atoms with Gasteiger partial charge in [0.2, 0.25) is 0 Å². The van der Waals surface area contributed by atoms with Gasteiger partial charge in [-0.2, -0.15) is 21.9 Å². The third kappa shape index (κ3) is 10.5. The van der Waals surface area contributed by atoms with Gasteiger partial charge in [0.05, 0.1) is 35.7 Å². The Labute approximate surface area is 357 Å². The van der Waals surface area contributed by atoms with E-state index < -0.39 is 52.8 Å². The fourth-order valence-corrected chi connectivity index (χ4v) is 7.35. The summed E-state index contributed by atoms with van der Waals surface area (Å²) in [6.45, 7) is 4.76. The van der Waals surface area contributed by atoms with Crippen LogP contribution in [0.5, 0.6) is 17.2 Å². The zero-order valence-electron chi connectivity index (χ0n) is 33.5. The molecule has 0 saturated heterocycles. The van der Waals surface area contributed by atoms with E-state index in [1.165, 1.54) is 0 Å². The standard InChI is InChI=1S/C42H43N9O9S2/c1-3-5-18-59-34-20-25(12-15-32(34)48-47-31-17-14-28(43)24-30(31)44)26-13-16-33(35(21-26)60-19-6-4-2)49-50-40-36(61(53,54)55)22-27-23-37(62(56,57)58)41(42(52)38(27)39(40)45)51-46-29-10-8-7-9-11-29/h7-17,20-24,52H,3-6,18-19,43-45H2,1-2H3,(H,53,54,55)(H,56,57,58). The lowest BCUT2D eigenvalue weighted by Gasteiger charge is -2.14. The highest BCUT2D eigenvalue weighted by molar-refractivity contribution is 7.86. The van der Waals surface area contributed by atoms with E-state index in [-0.39, 0.29) is 27.9 Å². The molecule has 18 nitrogen and oxygen atoms in total. The van der Waals surface area contributed by atoms with Crippen molar-refractivity contribution in [1.29, 1.82) is 0 Å². The lowest BCUT2D eigenvalue weighted by atomic mass is 10.0. The van der Waals surface area contributed by atoms with E-state index in [1.54, 1.807) is 72.8 Å². The van der Waals surface area contributed by atoms with Crippen molar-refractivity contribution in [2.24, 2.45) is 30.7 Å². The predicted octanol–water partition coefficient (Wildman–Crippen LogP) is 11.1. The number of azo groups is 3. The van der Waals surface area contributed by atoms with Crippen LogP contribution in [0.1, 0.15) is 39.5 Å². The molecule has 0 radical (unpaired) electrons. The van der Waals surface area contributed by atoms with Gasteiger partial charge in [-0.1, -0.05) is 57.0 Å². The molecule has 0 aliphatic carbocycles. The fourth-order valence-electron chi connectivity index (χ4n) is 6.02. The Hall–Kier alpha value is -7.00. The number of phenolic OH excluding ortho intramolecular Hbond substituents is 1. The molecule has 322 valence electrons. The van der Waals surface area contributed by atoms with Gasteiger partial charge in [-0.15, -0.1) is 25.6 Å². The number of nitrogens with zero attached hydrogens (tertiary/aromatic N) is 6. The summed E-state index contributed by atoms with van der Waals surface area (Å²) in [6, 6.07) is 25.1. The zero-order chi connectivity index (χ0) is 44.6. The summed E-state index contributed by atoms with van der Waals surface area (Å²) in [5, 5.41) is 35.8. The molecule has 20 heteroatoms. The summed E-state index contributed by atoms with van der Waals surface area (Å²) in [5.41, 5.74) is 20.1. The molecule has 0 bridgehead atoms. The highest BCUT2D eigenvalue weighted by Crippen LogP contribution is 2.49. The van der Waals surface area contributed by atoms with Gasteiger partial charge in [-0.3, -0.25) is 9.11 Å². The molecule has 0 aliphatic heterocycles. The van der Waals surface area contributed by atoms with Gasteiger partial charge in [0.15, 0.2) is 5.75 Å². The molecule has 0 unspecified atom stereocenters. The minimum Gasteiger partial charge on any atom is -0.505 e. The van der Waals surface area contributed by atoms with E-state index in [1.807, 2.05) is 26.0 Å². The van der Waals surface area contributed by atoms with Crippen molar-refractivity contribution in [2.45, 2.75) is 49.3 Å². The number of nitrogens with two attached hydrogens (primary N) is 3. The van der Waals surface area contributed by atoms with Gasteiger partial charge in [0, 0.05) is 5.69 Å². The molecule has 0 spiro atoms. The molecule has 6 rings (SSSR count). The number of benzene rings is 6. The van der Waals surface area contributed by atoms with Gasteiger partial charge in [-0.25, -0.2) is 0 Å². The van der Waals surface area contributed by atoms with Crippen LogP contribution in [0, 0.1) is 0 Å². The van der Waals surface area contributed by atoms with Crippen LogP contribution in [0.25, 0.3) is 21.9 Å². The molecule has 0 aliphatic rings. The van der Waals surface area contributed by atoms with Gasteiger partial charge >= 0.3 is 0 Å². The number of ether oxygens (including phenoxy) is 2. The molecule has 0 amide bonds. The molecule has 6 aromatic rings. The monoisotopic (exact) mass is 881 g/mol. The number of hydrogen-bond acceptors (Lipinski definition) is 16. The Bertz CT molecular complexity index is 2950. The zero-order valence-corrected chi connectivity index (χ0v) is 35.1. The third-order valence-corrected chi connectivity index (χ3v) is 11.0. The molecule has 9 N–H and O–H groups in total. The smallest absolute Gasteiger partial charge is 0.296 e. The topological polar surface area (TPSA) is 300 Å². The van der Waals surface area contributed by atoms with Crippen LogP contribution >= 0.6 is 0 Å². The molecule has 0 saturated carbocycles. The van der Waals surface area contributed by atoms with Crippen LogP contribution < -0.4 is 26.7 Å². The first-order valence-corrected chi connectivity index (χ1v) is 22.0. The largest absolute Gasteiger partial charge is 0.505 e. The van der Waals surface area contributed by atoms with E-state index in [2.05, 4.69) is 30.7 Å². The molecule has 62 heavy (non-hydrogen) atoms. The first-order chi connectivity index (χ1) is 29.6. The average Bonchev–Trinajstić information content (AvgIpc) is 3.22. The number of nitrogen functional groups attached to an aromatic ring is 3. The molecule has 0 atom stereocenters. The van der Waals surface area contributed by atoms with Crippen molar-refractivity contribution < 1.29 is 40.5 Å². The number of unbranched alkanes of at least 4 members (excludes halogenated alkanes) is 2. The van der Waals surface area contributed by atoms with Crippen LogP contribution in [0.4, 0.5) is 51.2 Å². The van der Waals surface area contributed by atoms with Crippen LogP contribution in [-0.4, -0.2) is 44.3 Å². The van der Waals surface area contributed by atoms with Crippen molar-refractivity contribution >= 4 is 82.2 Å². The lowest BCUT2D eigenvalue weighted by molar-refractivity contribution is 0.310. The fraction of sp³-hybridized carbons (Fsp3) is 0.190. The Morgan fingerprint density at radius 3 is 1.61 bits per heavy atom. The molecule has 6 aromatic carbocycles. The van der Waals surface area contributed by atoms with Crippen molar-refractivity contribution in [1.82, 2.24) is 0 Å². The minimum absolute atomic E-state index is 0.139. The van der Waals surface area contributed by atoms with Gasteiger partial charge in [0.1, 0.15) is 49.7 Å². The normalized spacial score (nSPS) is 12.3. The highest BCUT2D eigenvalue weighted by Gasteiger charge is 2.28. The maximum Gasteiger partial charge on any atom is 0.296 e. The average molecular weight is 882 g/mol. The quantitative estimate of drug-likeness (QED) is 0.0216. The molecule has 0 fully saturated rings. The summed E-state index contributed by atoms with van der Waals surface area (Å²) in [6.07, 6.45) is 3.21. The number of aromatic hydroxyl groups is 1. The Kier molecular flexibility index (Phi) is 13.8. The third-order valence-electron chi connectivity index (χ3n) is 9.23. The van der Waals surface area contributed by atoms with Crippen LogP contribution in [0.15, 0.2) is 138 Å². The second-order valence-electron chi connectivity index (χ2n) is 13.8.